The van der Waals surface area contributed by atoms with E-state index >= 15 is 0 Å². The van der Waals surface area contributed by atoms with Gasteiger partial charge in [-0.3, -0.25) is 4.79 Å². The van der Waals surface area contributed by atoms with E-state index in [0.717, 1.165) is 19.4 Å². The van der Waals surface area contributed by atoms with Crippen LogP contribution in [0, 0.1) is 5.41 Å². The highest BCUT2D eigenvalue weighted by Crippen LogP contribution is 2.16. The Morgan fingerprint density at radius 1 is 1.50 bits per heavy atom. The molecule has 94 valence electrons. The fourth-order valence-corrected chi connectivity index (χ4v) is 1.66. The van der Waals surface area contributed by atoms with Crippen LogP contribution < -0.4 is 11.1 Å². The van der Waals surface area contributed by atoms with Gasteiger partial charge in [0.2, 0.25) is 5.91 Å². The van der Waals surface area contributed by atoms with E-state index in [1.54, 1.807) is 0 Å². The van der Waals surface area contributed by atoms with Crippen LogP contribution in [0.2, 0.25) is 0 Å². The lowest BCUT2D eigenvalue weighted by molar-refractivity contribution is -0.125. The monoisotopic (exact) mass is 228 g/mol. The minimum absolute atomic E-state index is 0.0247. The molecular weight excluding hydrogens is 204 g/mol. The second kappa shape index (κ2) is 6.21. The fourth-order valence-electron chi connectivity index (χ4n) is 1.66. The second-order valence-corrected chi connectivity index (χ2v) is 5.34. The molecule has 4 heteroatoms. The molecule has 0 bridgehead atoms. The average molecular weight is 228 g/mol. The van der Waals surface area contributed by atoms with Crippen molar-refractivity contribution in [1.82, 2.24) is 5.32 Å². The fraction of sp³-hybridized carbons (Fsp3) is 0.917. The number of carbonyl (C=O) groups excluding carboxylic acids is 1. The Labute approximate surface area is 97.9 Å². The third-order valence-electron chi connectivity index (χ3n) is 3.00. The molecule has 1 heterocycles. The van der Waals surface area contributed by atoms with E-state index in [4.69, 9.17) is 10.5 Å². The third kappa shape index (κ3) is 4.94. The van der Waals surface area contributed by atoms with Gasteiger partial charge in [-0.1, -0.05) is 13.8 Å². The average Bonchev–Trinajstić information content (AvgIpc) is 2.28. The summed E-state index contributed by atoms with van der Waals surface area (Å²) in [5, 5.41) is 2.92. The summed E-state index contributed by atoms with van der Waals surface area (Å²) in [5.41, 5.74) is 5.58. The van der Waals surface area contributed by atoms with Gasteiger partial charge in [-0.05, 0) is 31.2 Å². The van der Waals surface area contributed by atoms with Crippen molar-refractivity contribution in [1.29, 1.82) is 0 Å². The first kappa shape index (κ1) is 13.5. The first-order valence-electron chi connectivity index (χ1n) is 6.12. The number of hydrogen-bond donors (Lipinski definition) is 2. The topological polar surface area (TPSA) is 64.3 Å². The number of ether oxygens (including phenoxy) is 1. The van der Waals surface area contributed by atoms with Gasteiger partial charge in [0.1, 0.15) is 0 Å². The van der Waals surface area contributed by atoms with Gasteiger partial charge in [0.25, 0.3) is 0 Å². The lowest BCUT2D eigenvalue weighted by Gasteiger charge is -2.25. The molecule has 0 aromatic carbocycles. The molecule has 0 spiro atoms. The summed E-state index contributed by atoms with van der Waals surface area (Å²) in [6, 6.07) is 0. The van der Waals surface area contributed by atoms with Crippen LogP contribution in [-0.4, -0.2) is 31.7 Å². The molecule has 1 amide bonds. The van der Waals surface area contributed by atoms with Crippen LogP contribution in [0.25, 0.3) is 0 Å². The highest BCUT2D eigenvalue weighted by molar-refractivity contribution is 5.76. The summed E-state index contributed by atoms with van der Waals surface area (Å²) in [5.74, 6) is 0.0772. The van der Waals surface area contributed by atoms with Crippen LogP contribution in [-0.2, 0) is 9.53 Å². The predicted molar refractivity (Wildman–Crippen MR) is 64.1 cm³/mol. The van der Waals surface area contributed by atoms with E-state index in [2.05, 4.69) is 5.32 Å². The van der Waals surface area contributed by atoms with Crippen LogP contribution in [0.1, 0.15) is 39.5 Å². The summed E-state index contributed by atoms with van der Waals surface area (Å²) in [6.07, 6.45) is 3.91. The van der Waals surface area contributed by atoms with Gasteiger partial charge in [-0.25, -0.2) is 0 Å². The molecule has 0 aliphatic carbocycles. The predicted octanol–water partition coefficient (Wildman–Crippen LogP) is 1.05. The summed E-state index contributed by atoms with van der Waals surface area (Å²) in [4.78, 5) is 11.6. The minimum Gasteiger partial charge on any atom is -0.378 e. The molecule has 0 saturated carbocycles. The van der Waals surface area contributed by atoms with Gasteiger partial charge < -0.3 is 15.8 Å². The number of rotatable bonds is 5. The van der Waals surface area contributed by atoms with Gasteiger partial charge in [-0.2, -0.15) is 0 Å². The Kier molecular flexibility index (Phi) is 5.22. The molecule has 0 radical (unpaired) electrons. The molecule has 0 aromatic heterocycles. The molecule has 1 saturated heterocycles. The maximum Gasteiger partial charge on any atom is 0.222 e. The van der Waals surface area contributed by atoms with E-state index in [9.17, 15) is 4.79 Å². The minimum atomic E-state index is -0.0247. The number of amides is 1. The molecule has 4 nitrogen and oxygen atoms in total. The van der Waals surface area contributed by atoms with E-state index in [1.165, 1.54) is 6.42 Å². The second-order valence-electron chi connectivity index (χ2n) is 5.34. The zero-order valence-corrected chi connectivity index (χ0v) is 10.4. The quantitative estimate of drug-likeness (QED) is 0.739. The first-order valence-corrected chi connectivity index (χ1v) is 6.12. The van der Waals surface area contributed by atoms with Gasteiger partial charge >= 0.3 is 0 Å². The lowest BCUT2D eigenvalue weighted by Crippen LogP contribution is -2.39. The van der Waals surface area contributed by atoms with Crippen molar-refractivity contribution in [3.8, 4) is 0 Å². The van der Waals surface area contributed by atoms with E-state index in [0.29, 0.717) is 19.5 Å². The van der Waals surface area contributed by atoms with Crippen LogP contribution >= 0.6 is 0 Å². The molecule has 0 aromatic rings. The van der Waals surface area contributed by atoms with Crippen molar-refractivity contribution in [3.63, 3.8) is 0 Å². The normalized spacial score (nSPS) is 21.8. The number of hydrogen-bond acceptors (Lipinski definition) is 3. The molecule has 16 heavy (non-hydrogen) atoms. The summed E-state index contributed by atoms with van der Waals surface area (Å²) in [7, 11) is 0. The molecule has 1 unspecified atom stereocenters. The zero-order valence-electron chi connectivity index (χ0n) is 10.4. The van der Waals surface area contributed by atoms with Crippen molar-refractivity contribution >= 4 is 5.91 Å². The number of carbonyl (C=O) groups is 1. The van der Waals surface area contributed by atoms with Crippen molar-refractivity contribution in [2.75, 3.05) is 19.7 Å². The van der Waals surface area contributed by atoms with Crippen LogP contribution in [0.15, 0.2) is 0 Å². The van der Waals surface area contributed by atoms with Crippen LogP contribution in [0.4, 0.5) is 0 Å². The van der Waals surface area contributed by atoms with Crippen LogP contribution in [0.3, 0.4) is 0 Å². The third-order valence-corrected chi connectivity index (χ3v) is 3.00. The highest BCUT2D eigenvalue weighted by Gasteiger charge is 2.20. The van der Waals surface area contributed by atoms with Gasteiger partial charge in [0.15, 0.2) is 0 Å². The molecule has 1 aliphatic heterocycles. The lowest BCUT2D eigenvalue weighted by atomic mass is 9.94. The van der Waals surface area contributed by atoms with Crippen molar-refractivity contribution < 1.29 is 9.53 Å². The SMILES string of the molecule is CC(C)(CN)CNC(=O)CC1CCCCO1. The Morgan fingerprint density at radius 2 is 2.25 bits per heavy atom. The Bertz CT molecular complexity index is 223. The zero-order chi connectivity index (χ0) is 12.0. The summed E-state index contributed by atoms with van der Waals surface area (Å²) in [6.45, 7) is 6.10. The summed E-state index contributed by atoms with van der Waals surface area (Å²) >= 11 is 0. The largest absolute Gasteiger partial charge is 0.378 e. The highest BCUT2D eigenvalue weighted by atomic mass is 16.5. The molecule has 1 atom stereocenters. The molecular formula is C12H24N2O2. The Morgan fingerprint density at radius 3 is 2.81 bits per heavy atom. The van der Waals surface area contributed by atoms with Crippen LogP contribution in [0.5, 0.6) is 0 Å². The maximum atomic E-state index is 11.6. The first-order chi connectivity index (χ1) is 7.53. The van der Waals surface area contributed by atoms with E-state index < -0.39 is 0 Å². The van der Waals surface area contributed by atoms with Crippen molar-refractivity contribution in [2.24, 2.45) is 11.1 Å². The molecule has 1 rings (SSSR count). The van der Waals surface area contributed by atoms with Gasteiger partial charge in [0, 0.05) is 13.2 Å². The summed E-state index contributed by atoms with van der Waals surface area (Å²) < 4.78 is 5.52. The number of nitrogens with one attached hydrogen (secondary N) is 1. The Hall–Kier alpha value is -0.610. The van der Waals surface area contributed by atoms with E-state index in [-0.39, 0.29) is 17.4 Å². The van der Waals surface area contributed by atoms with Crippen molar-refractivity contribution in [3.05, 3.63) is 0 Å². The van der Waals surface area contributed by atoms with Crippen molar-refractivity contribution in [2.45, 2.75) is 45.6 Å². The Balaban J connectivity index is 2.19. The van der Waals surface area contributed by atoms with E-state index in [1.807, 2.05) is 13.8 Å². The molecule has 1 fully saturated rings. The maximum absolute atomic E-state index is 11.6. The standard InChI is InChI=1S/C12H24N2O2/c1-12(2,8-13)9-14-11(15)7-10-5-3-4-6-16-10/h10H,3-9,13H2,1-2H3,(H,14,15). The number of nitrogens with two attached hydrogens (primary N) is 1. The molecule has 3 N–H and O–H groups in total. The molecule has 1 aliphatic rings. The smallest absolute Gasteiger partial charge is 0.222 e. The van der Waals surface area contributed by atoms with Gasteiger partial charge in [0.05, 0.1) is 12.5 Å². The van der Waals surface area contributed by atoms with Gasteiger partial charge in [-0.15, -0.1) is 0 Å².